The molecule has 4 rings (SSSR count). The lowest BCUT2D eigenvalue weighted by atomic mass is 10.1. The van der Waals surface area contributed by atoms with Crippen molar-refractivity contribution in [3.63, 3.8) is 0 Å². The average Bonchev–Trinajstić information content (AvgIpc) is 3.28. The van der Waals surface area contributed by atoms with Gasteiger partial charge in [-0.2, -0.15) is 39.9 Å². The van der Waals surface area contributed by atoms with Crippen molar-refractivity contribution in [2.24, 2.45) is 0 Å². The van der Waals surface area contributed by atoms with Crippen LogP contribution in [0.2, 0.25) is 0 Å². The zero-order valence-corrected chi connectivity index (χ0v) is 19.6. The molecule has 0 saturated carbocycles. The van der Waals surface area contributed by atoms with E-state index in [0.29, 0.717) is 0 Å². The number of halogens is 6. The van der Waals surface area contributed by atoms with Gasteiger partial charge in [0.25, 0.3) is 11.8 Å². The van der Waals surface area contributed by atoms with Gasteiger partial charge in [0.05, 0.1) is 29.6 Å². The van der Waals surface area contributed by atoms with Crippen molar-refractivity contribution in [3.8, 4) is 5.75 Å². The standard InChI is InChI=1S/C22H15F6N3O5S/c1-11-8-12(10-30-17(22(26,27)28)9-16(29-30)21(23,24)25)6-7-14(11)31-19(32)13-4-3-5-15(18(13)20(31)33)36-37(2,34)35/h3-9H,10H2,1-2H3. The molecule has 1 aromatic heterocycles. The van der Waals surface area contributed by atoms with Crippen molar-refractivity contribution >= 4 is 27.6 Å². The Balaban J connectivity index is 1.68. The van der Waals surface area contributed by atoms with E-state index in [1.807, 2.05) is 0 Å². The Kier molecular flexibility index (Phi) is 6.09. The highest BCUT2D eigenvalue weighted by molar-refractivity contribution is 7.86. The molecule has 1 aliphatic heterocycles. The lowest BCUT2D eigenvalue weighted by Gasteiger charge is -2.18. The number of hydrogen-bond acceptors (Lipinski definition) is 6. The fourth-order valence-corrected chi connectivity index (χ4v) is 4.31. The third-order valence-electron chi connectivity index (χ3n) is 5.31. The van der Waals surface area contributed by atoms with Gasteiger partial charge >= 0.3 is 22.5 Å². The molecule has 1 aliphatic rings. The summed E-state index contributed by atoms with van der Waals surface area (Å²) in [4.78, 5) is 26.8. The van der Waals surface area contributed by atoms with Crippen LogP contribution in [-0.2, 0) is 29.0 Å². The fraction of sp³-hybridized carbons (Fsp3) is 0.227. The first kappa shape index (κ1) is 26.2. The molecule has 0 saturated heterocycles. The first-order chi connectivity index (χ1) is 17.0. The maximum atomic E-state index is 13.3. The quantitative estimate of drug-likeness (QED) is 0.267. The molecule has 15 heteroatoms. The minimum Gasteiger partial charge on any atom is -0.382 e. The monoisotopic (exact) mass is 547 g/mol. The van der Waals surface area contributed by atoms with Crippen LogP contribution in [-0.4, -0.2) is 36.3 Å². The maximum Gasteiger partial charge on any atom is 0.435 e. The van der Waals surface area contributed by atoms with Gasteiger partial charge < -0.3 is 4.18 Å². The number of nitrogens with zero attached hydrogens (tertiary/aromatic N) is 3. The van der Waals surface area contributed by atoms with Crippen LogP contribution in [0.5, 0.6) is 5.75 Å². The van der Waals surface area contributed by atoms with Gasteiger partial charge in [0.15, 0.2) is 11.4 Å². The van der Waals surface area contributed by atoms with Crippen molar-refractivity contribution in [3.05, 3.63) is 76.1 Å². The molecule has 2 heterocycles. The van der Waals surface area contributed by atoms with Gasteiger partial charge in [0, 0.05) is 6.07 Å². The van der Waals surface area contributed by atoms with Gasteiger partial charge in [0.2, 0.25) is 0 Å². The lowest BCUT2D eigenvalue weighted by molar-refractivity contribution is -0.144. The molecule has 0 atom stereocenters. The molecule has 37 heavy (non-hydrogen) atoms. The number of hydrogen-bond donors (Lipinski definition) is 0. The van der Waals surface area contributed by atoms with E-state index in [9.17, 15) is 44.3 Å². The molecule has 3 aromatic rings. The summed E-state index contributed by atoms with van der Waals surface area (Å²) in [7, 11) is -4.03. The summed E-state index contributed by atoms with van der Waals surface area (Å²) in [5.41, 5.74) is -3.33. The summed E-state index contributed by atoms with van der Waals surface area (Å²) in [5.74, 6) is -2.04. The number of anilines is 1. The first-order valence-corrected chi connectivity index (χ1v) is 12.0. The van der Waals surface area contributed by atoms with Crippen LogP contribution in [0.3, 0.4) is 0 Å². The summed E-state index contributed by atoms with van der Waals surface area (Å²) in [6.07, 6.45) is -9.43. The average molecular weight is 547 g/mol. The molecule has 196 valence electrons. The van der Waals surface area contributed by atoms with Crippen LogP contribution in [0.15, 0.2) is 42.5 Å². The second-order valence-corrected chi connectivity index (χ2v) is 9.68. The number of carbonyl (C=O) groups excluding carboxylic acids is 2. The molecule has 2 amide bonds. The van der Waals surface area contributed by atoms with E-state index in [0.717, 1.165) is 11.2 Å². The van der Waals surface area contributed by atoms with E-state index >= 15 is 0 Å². The van der Waals surface area contributed by atoms with Crippen LogP contribution in [0.25, 0.3) is 0 Å². The topological polar surface area (TPSA) is 98.6 Å². The molecule has 0 radical (unpaired) electrons. The van der Waals surface area contributed by atoms with Crippen molar-refractivity contribution in [1.29, 1.82) is 0 Å². The van der Waals surface area contributed by atoms with Gasteiger partial charge in [-0.05, 0) is 36.2 Å². The molecular formula is C22H15F6N3O5S. The number of alkyl halides is 6. The Morgan fingerprint density at radius 1 is 0.946 bits per heavy atom. The summed E-state index contributed by atoms with van der Waals surface area (Å²) in [6, 6.07) is 7.49. The van der Waals surface area contributed by atoms with Crippen LogP contribution in [0.1, 0.15) is 43.2 Å². The van der Waals surface area contributed by atoms with E-state index in [2.05, 4.69) is 5.10 Å². The maximum absolute atomic E-state index is 13.3. The number of aryl methyl sites for hydroxylation is 1. The Morgan fingerprint density at radius 3 is 2.19 bits per heavy atom. The lowest BCUT2D eigenvalue weighted by Crippen LogP contribution is -2.30. The van der Waals surface area contributed by atoms with Gasteiger partial charge in [-0.15, -0.1) is 0 Å². The predicted molar refractivity (Wildman–Crippen MR) is 116 cm³/mol. The SMILES string of the molecule is Cc1cc(Cn2nc(C(F)(F)F)cc2C(F)(F)F)ccc1N1C(=O)c2cccc(OS(C)(=O)=O)c2C1=O. The van der Waals surface area contributed by atoms with Crippen molar-refractivity contribution in [2.45, 2.75) is 25.8 Å². The van der Waals surface area contributed by atoms with E-state index < -0.39 is 52.2 Å². The fourth-order valence-electron chi connectivity index (χ4n) is 3.85. The summed E-state index contributed by atoms with van der Waals surface area (Å²) in [5, 5.41) is 3.05. The molecule has 2 aromatic carbocycles. The summed E-state index contributed by atoms with van der Waals surface area (Å²) >= 11 is 0. The van der Waals surface area contributed by atoms with Crippen LogP contribution >= 0.6 is 0 Å². The Hall–Kier alpha value is -3.88. The van der Waals surface area contributed by atoms with Crippen LogP contribution in [0.4, 0.5) is 32.0 Å². The third kappa shape index (κ3) is 5.03. The van der Waals surface area contributed by atoms with Crippen LogP contribution in [0, 0.1) is 6.92 Å². The van der Waals surface area contributed by atoms with E-state index in [4.69, 9.17) is 4.18 Å². The van der Waals surface area contributed by atoms with Gasteiger partial charge in [-0.3, -0.25) is 14.3 Å². The van der Waals surface area contributed by atoms with Crippen molar-refractivity contribution in [1.82, 2.24) is 9.78 Å². The first-order valence-electron chi connectivity index (χ1n) is 10.2. The molecule has 0 bridgehead atoms. The zero-order valence-electron chi connectivity index (χ0n) is 18.8. The number of benzene rings is 2. The predicted octanol–water partition coefficient (Wildman–Crippen LogP) is 4.42. The zero-order chi connectivity index (χ0) is 27.5. The van der Waals surface area contributed by atoms with E-state index in [1.165, 1.54) is 43.3 Å². The molecule has 0 N–H and O–H groups in total. The second kappa shape index (κ2) is 8.61. The van der Waals surface area contributed by atoms with Crippen molar-refractivity contribution < 1.29 is 48.5 Å². The molecule has 8 nitrogen and oxygen atoms in total. The van der Waals surface area contributed by atoms with Gasteiger partial charge in [-0.25, -0.2) is 4.90 Å². The summed E-state index contributed by atoms with van der Waals surface area (Å²) in [6.45, 7) is 0.756. The highest BCUT2D eigenvalue weighted by Crippen LogP contribution is 2.37. The van der Waals surface area contributed by atoms with Gasteiger partial charge in [-0.1, -0.05) is 18.2 Å². The largest absolute Gasteiger partial charge is 0.435 e. The molecule has 0 fully saturated rings. The molecular weight excluding hydrogens is 532 g/mol. The second-order valence-electron chi connectivity index (χ2n) is 8.10. The van der Waals surface area contributed by atoms with E-state index in [-0.39, 0.29) is 44.4 Å². The Bertz CT molecular complexity index is 1540. The number of carbonyl (C=O) groups is 2. The minimum absolute atomic E-state index is 0.0350. The van der Waals surface area contributed by atoms with Crippen molar-refractivity contribution in [2.75, 3.05) is 11.2 Å². The molecule has 0 spiro atoms. The Labute approximate surface area is 205 Å². The minimum atomic E-state index is -5.10. The number of rotatable bonds is 5. The van der Waals surface area contributed by atoms with E-state index in [1.54, 1.807) is 0 Å². The number of amides is 2. The Morgan fingerprint density at radius 2 is 1.62 bits per heavy atom. The number of imide groups is 1. The highest BCUT2D eigenvalue weighted by Gasteiger charge is 2.42. The molecule has 0 unspecified atom stereocenters. The van der Waals surface area contributed by atoms with Gasteiger partial charge in [0.1, 0.15) is 5.69 Å². The number of aromatic nitrogens is 2. The highest BCUT2D eigenvalue weighted by atomic mass is 32.2. The normalized spacial score (nSPS) is 14.3. The molecule has 0 aliphatic carbocycles. The third-order valence-corrected chi connectivity index (χ3v) is 5.80. The smallest absolute Gasteiger partial charge is 0.382 e. The number of fused-ring (bicyclic) bond motifs is 1. The summed E-state index contributed by atoms with van der Waals surface area (Å²) < 4.78 is 107. The van der Waals surface area contributed by atoms with Crippen LogP contribution < -0.4 is 9.08 Å².